The monoisotopic (exact) mass is 266 g/mol. The van der Waals surface area contributed by atoms with Crippen LogP contribution in [0.2, 0.25) is 5.02 Å². The Kier molecular flexibility index (Phi) is 4.18. The quantitative estimate of drug-likeness (QED) is 0.826. The molecule has 1 aromatic rings. The van der Waals surface area contributed by atoms with Gasteiger partial charge in [-0.1, -0.05) is 25.4 Å². The minimum absolute atomic E-state index is 0.611. The topological polar surface area (TPSA) is 29.3 Å². The Morgan fingerprint density at radius 1 is 1.33 bits per heavy atom. The molecule has 1 saturated heterocycles. The first-order chi connectivity index (χ1) is 8.47. The number of nitrogens with zero attached hydrogens (tertiary/aromatic N) is 1. The van der Waals surface area contributed by atoms with Crippen molar-refractivity contribution >= 4 is 17.3 Å². The molecule has 0 saturated carbocycles. The normalized spacial score (nSPS) is 29.4. The van der Waals surface area contributed by atoms with Crippen LogP contribution in [0.25, 0.3) is 0 Å². The molecule has 3 heteroatoms. The molecule has 3 unspecified atom stereocenters. The number of likely N-dealkylation sites (tertiary alicyclic amines) is 1. The van der Waals surface area contributed by atoms with E-state index in [4.69, 9.17) is 17.3 Å². The van der Waals surface area contributed by atoms with E-state index in [1.807, 2.05) is 18.2 Å². The Morgan fingerprint density at radius 2 is 2.06 bits per heavy atom. The first-order valence-corrected chi connectivity index (χ1v) is 7.13. The van der Waals surface area contributed by atoms with Gasteiger partial charge in [0.15, 0.2) is 0 Å². The molecule has 1 aromatic carbocycles. The molecule has 100 valence electrons. The molecule has 2 rings (SSSR count). The zero-order valence-corrected chi connectivity index (χ0v) is 12.2. The van der Waals surface area contributed by atoms with Gasteiger partial charge in [-0.3, -0.25) is 4.90 Å². The second kappa shape index (κ2) is 5.50. The first kappa shape index (κ1) is 13.7. The van der Waals surface area contributed by atoms with Crippen LogP contribution in [0.5, 0.6) is 0 Å². The highest BCUT2D eigenvalue weighted by molar-refractivity contribution is 6.30. The van der Waals surface area contributed by atoms with Gasteiger partial charge in [-0.25, -0.2) is 0 Å². The van der Waals surface area contributed by atoms with Crippen LogP contribution in [0.4, 0.5) is 5.69 Å². The van der Waals surface area contributed by atoms with Crippen molar-refractivity contribution in [3.63, 3.8) is 0 Å². The fourth-order valence-corrected chi connectivity index (χ4v) is 3.17. The molecule has 0 aliphatic carbocycles. The lowest BCUT2D eigenvalue weighted by molar-refractivity contribution is 0.0731. The minimum Gasteiger partial charge on any atom is -0.398 e. The maximum absolute atomic E-state index is 6.05. The fraction of sp³-hybridized carbons (Fsp3) is 0.600. The number of rotatable bonds is 2. The second-order valence-corrected chi connectivity index (χ2v) is 6.27. The largest absolute Gasteiger partial charge is 0.398 e. The van der Waals surface area contributed by atoms with Crippen molar-refractivity contribution in [2.45, 2.75) is 39.8 Å². The molecular formula is C15H23ClN2. The SMILES string of the molecule is CC1CC(C)C(C)N(Cc2cc(Cl)ccc2N)C1. The summed E-state index contributed by atoms with van der Waals surface area (Å²) in [7, 11) is 0. The average molecular weight is 267 g/mol. The Hall–Kier alpha value is -0.730. The summed E-state index contributed by atoms with van der Waals surface area (Å²) in [5.41, 5.74) is 8.03. The predicted molar refractivity (Wildman–Crippen MR) is 78.7 cm³/mol. The number of nitrogens with two attached hydrogens (primary N) is 1. The molecule has 2 N–H and O–H groups in total. The van der Waals surface area contributed by atoms with Crippen molar-refractivity contribution in [2.75, 3.05) is 12.3 Å². The van der Waals surface area contributed by atoms with Crippen LogP contribution in [0.3, 0.4) is 0 Å². The second-order valence-electron chi connectivity index (χ2n) is 5.83. The molecule has 3 atom stereocenters. The van der Waals surface area contributed by atoms with Gasteiger partial charge in [0.05, 0.1) is 0 Å². The number of benzene rings is 1. The number of anilines is 1. The van der Waals surface area contributed by atoms with Gasteiger partial charge in [0.1, 0.15) is 0 Å². The highest BCUT2D eigenvalue weighted by Gasteiger charge is 2.28. The van der Waals surface area contributed by atoms with Crippen molar-refractivity contribution in [2.24, 2.45) is 11.8 Å². The van der Waals surface area contributed by atoms with Crippen molar-refractivity contribution in [1.29, 1.82) is 0 Å². The Morgan fingerprint density at radius 3 is 2.78 bits per heavy atom. The van der Waals surface area contributed by atoms with Crippen molar-refractivity contribution in [3.05, 3.63) is 28.8 Å². The van der Waals surface area contributed by atoms with Gasteiger partial charge in [0, 0.05) is 29.8 Å². The van der Waals surface area contributed by atoms with Crippen LogP contribution >= 0.6 is 11.6 Å². The van der Waals surface area contributed by atoms with Gasteiger partial charge in [0.2, 0.25) is 0 Å². The van der Waals surface area contributed by atoms with Crippen molar-refractivity contribution in [3.8, 4) is 0 Å². The lowest BCUT2D eigenvalue weighted by atomic mass is 9.85. The number of nitrogen functional groups attached to an aromatic ring is 1. The van der Waals surface area contributed by atoms with Crippen LogP contribution in [-0.2, 0) is 6.54 Å². The Labute approximate surface area is 115 Å². The summed E-state index contributed by atoms with van der Waals surface area (Å²) in [5.74, 6) is 1.51. The van der Waals surface area contributed by atoms with E-state index < -0.39 is 0 Å². The molecule has 0 bridgehead atoms. The van der Waals surface area contributed by atoms with Crippen LogP contribution in [0.1, 0.15) is 32.8 Å². The molecule has 1 aliphatic rings. The highest BCUT2D eigenvalue weighted by Crippen LogP contribution is 2.29. The van der Waals surface area contributed by atoms with Crippen LogP contribution in [0, 0.1) is 11.8 Å². The highest BCUT2D eigenvalue weighted by atomic mass is 35.5. The van der Waals surface area contributed by atoms with Gasteiger partial charge in [0.25, 0.3) is 0 Å². The van der Waals surface area contributed by atoms with E-state index in [0.29, 0.717) is 6.04 Å². The summed E-state index contributed by atoms with van der Waals surface area (Å²) in [5, 5.41) is 0.768. The number of halogens is 1. The number of hydrogen-bond acceptors (Lipinski definition) is 2. The molecule has 1 heterocycles. The van der Waals surface area contributed by atoms with E-state index in [9.17, 15) is 0 Å². The zero-order chi connectivity index (χ0) is 13.3. The third-order valence-electron chi connectivity index (χ3n) is 4.20. The third kappa shape index (κ3) is 2.99. The maximum Gasteiger partial charge on any atom is 0.0410 e. The van der Waals surface area contributed by atoms with Gasteiger partial charge >= 0.3 is 0 Å². The summed E-state index contributed by atoms with van der Waals surface area (Å²) in [6.07, 6.45) is 1.32. The van der Waals surface area contributed by atoms with Gasteiger partial charge in [-0.15, -0.1) is 0 Å². The molecule has 2 nitrogen and oxygen atoms in total. The van der Waals surface area contributed by atoms with Crippen molar-refractivity contribution in [1.82, 2.24) is 4.90 Å². The Bertz CT molecular complexity index is 419. The molecule has 0 radical (unpaired) electrons. The maximum atomic E-state index is 6.05. The smallest absolute Gasteiger partial charge is 0.0410 e. The molecule has 0 aromatic heterocycles. The van der Waals surface area contributed by atoms with Crippen LogP contribution in [0.15, 0.2) is 18.2 Å². The lowest BCUT2D eigenvalue weighted by Gasteiger charge is -2.41. The van der Waals surface area contributed by atoms with E-state index >= 15 is 0 Å². The van der Waals surface area contributed by atoms with Gasteiger partial charge in [-0.2, -0.15) is 0 Å². The zero-order valence-electron chi connectivity index (χ0n) is 11.5. The molecule has 18 heavy (non-hydrogen) atoms. The lowest BCUT2D eigenvalue weighted by Crippen LogP contribution is -2.45. The fourth-order valence-electron chi connectivity index (χ4n) is 2.97. The van der Waals surface area contributed by atoms with E-state index in [0.717, 1.165) is 41.2 Å². The molecule has 0 spiro atoms. The first-order valence-electron chi connectivity index (χ1n) is 6.75. The molecule has 1 fully saturated rings. The summed E-state index contributed by atoms with van der Waals surface area (Å²) in [6.45, 7) is 9.04. The van der Waals surface area contributed by atoms with Gasteiger partial charge < -0.3 is 5.73 Å². The van der Waals surface area contributed by atoms with E-state index in [2.05, 4.69) is 25.7 Å². The molecule has 1 aliphatic heterocycles. The van der Waals surface area contributed by atoms with Crippen molar-refractivity contribution < 1.29 is 0 Å². The number of piperidine rings is 1. The predicted octanol–water partition coefficient (Wildman–Crippen LogP) is 3.79. The molecule has 0 amide bonds. The standard InChI is InChI=1S/C15H23ClN2/c1-10-6-11(2)12(3)18(8-10)9-13-7-14(16)4-5-15(13)17/h4-5,7,10-12H,6,8-9,17H2,1-3H3. The average Bonchev–Trinajstić information content (AvgIpc) is 2.30. The van der Waals surface area contributed by atoms with E-state index in [-0.39, 0.29) is 0 Å². The summed E-state index contributed by atoms with van der Waals surface area (Å²) < 4.78 is 0. The summed E-state index contributed by atoms with van der Waals surface area (Å²) in [4.78, 5) is 2.53. The van der Waals surface area contributed by atoms with E-state index in [1.54, 1.807) is 0 Å². The summed E-state index contributed by atoms with van der Waals surface area (Å²) >= 11 is 6.05. The minimum atomic E-state index is 0.611. The summed E-state index contributed by atoms with van der Waals surface area (Å²) in [6, 6.07) is 6.36. The third-order valence-corrected chi connectivity index (χ3v) is 4.43. The van der Waals surface area contributed by atoms with E-state index in [1.165, 1.54) is 6.42 Å². The number of hydrogen-bond donors (Lipinski definition) is 1. The molecular weight excluding hydrogens is 244 g/mol. The Balaban J connectivity index is 2.14. The van der Waals surface area contributed by atoms with Crippen LogP contribution < -0.4 is 5.73 Å². The van der Waals surface area contributed by atoms with Gasteiger partial charge in [-0.05, 0) is 48.9 Å². The van der Waals surface area contributed by atoms with Crippen LogP contribution in [-0.4, -0.2) is 17.5 Å².